The molecule has 0 saturated carbocycles. The minimum atomic E-state index is -0.468. The zero-order chi connectivity index (χ0) is 14.3. The maximum atomic E-state index is 11.9. The second-order valence-corrected chi connectivity index (χ2v) is 3.98. The molecule has 1 aromatic rings. The van der Waals surface area contributed by atoms with Crippen molar-refractivity contribution in [3.05, 3.63) is 34.9 Å². The summed E-state index contributed by atoms with van der Waals surface area (Å²) in [6.07, 6.45) is 0.0925. The van der Waals surface area contributed by atoms with E-state index in [1.165, 1.54) is 0 Å². The van der Waals surface area contributed by atoms with Crippen LogP contribution in [0.2, 0.25) is 0 Å². The zero-order valence-corrected chi connectivity index (χ0v) is 10.7. The van der Waals surface area contributed by atoms with Gasteiger partial charge in [-0.25, -0.2) is 0 Å². The van der Waals surface area contributed by atoms with Crippen molar-refractivity contribution in [1.29, 1.82) is 0 Å². The molecule has 19 heavy (non-hydrogen) atoms. The van der Waals surface area contributed by atoms with Crippen LogP contribution in [0, 0.1) is 18.8 Å². The van der Waals surface area contributed by atoms with E-state index < -0.39 is 5.91 Å². The van der Waals surface area contributed by atoms with Gasteiger partial charge < -0.3 is 16.2 Å². The van der Waals surface area contributed by atoms with Crippen molar-refractivity contribution in [2.24, 2.45) is 5.73 Å². The van der Waals surface area contributed by atoms with Crippen LogP contribution in [0.5, 0.6) is 0 Å². The van der Waals surface area contributed by atoms with Gasteiger partial charge in [-0.15, -0.1) is 0 Å². The summed E-state index contributed by atoms with van der Waals surface area (Å²) >= 11 is 0. The summed E-state index contributed by atoms with van der Waals surface area (Å²) in [5, 5.41) is 11.3. The van der Waals surface area contributed by atoms with Crippen molar-refractivity contribution < 1.29 is 14.7 Å². The molecule has 0 bridgehead atoms. The van der Waals surface area contributed by atoms with E-state index in [2.05, 4.69) is 17.2 Å². The van der Waals surface area contributed by atoms with Crippen LogP contribution in [-0.2, 0) is 4.79 Å². The Kier molecular flexibility index (Phi) is 5.58. The topological polar surface area (TPSA) is 92.4 Å². The molecule has 1 rings (SSSR count). The lowest BCUT2D eigenvalue weighted by Crippen LogP contribution is -2.28. The number of nitrogens with one attached hydrogen (secondary N) is 1. The summed E-state index contributed by atoms with van der Waals surface area (Å²) in [5.41, 5.74) is 6.92. The number of hydrogen-bond donors (Lipinski definition) is 3. The molecule has 0 aliphatic rings. The van der Waals surface area contributed by atoms with Crippen molar-refractivity contribution >= 4 is 11.8 Å². The number of aliphatic hydroxyl groups is 1. The molecule has 0 heterocycles. The number of carbonyl (C=O) groups is 2. The maximum Gasteiger partial charge on any atom is 0.252 e. The van der Waals surface area contributed by atoms with Gasteiger partial charge in [0.15, 0.2) is 0 Å². The fourth-order valence-corrected chi connectivity index (χ4v) is 1.49. The third-order valence-electron chi connectivity index (χ3n) is 2.38. The minimum absolute atomic E-state index is 0.0925. The largest absolute Gasteiger partial charge is 0.384 e. The summed E-state index contributed by atoms with van der Waals surface area (Å²) in [7, 11) is 0. The van der Waals surface area contributed by atoms with E-state index in [0.717, 1.165) is 5.56 Å². The summed E-state index contributed by atoms with van der Waals surface area (Å²) in [4.78, 5) is 22.5. The fourth-order valence-electron chi connectivity index (χ4n) is 1.49. The van der Waals surface area contributed by atoms with Gasteiger partial charge in [0.1, 0.15) is 6.61 Å². The first kappa shape index (κ1) is 14.7. The molecule has 0 aliphatic carbocycles. The van der Waals surface area contributed by atoms with Gasteiger partial charge in [-0.3, -0.25) is 9.59 Å². The first-order valence-corrected chi connectivity index (χ1v) is 5.81. The number of rotatable bonds is 4. The lowest BCUT2D eigenvalue weighted by atomic mass is 10.0. The molecule has 0 radical (unpaired) electrons. The van der Waals surface area contributed by atoms with Gasteiger partial charge in [-0.1, -0.05) is 17.9 Å². The molecular formula is C14H16N2O3. The SMILES string of the molecule is Cc1ccc(C(=O)NCCC(N)=O)c(C#CCO)c1. The molecule has 0 unspecified atom stereocenters. The van der Waals surface area contributed by atoms with Crippen LogP contribution in [-0.4, -0.2) is 30.1 Å². The number of amides is 2. The molecule has 2 amide bonds. The Hall–Kier alpha value is -2.32. The molecule has 0 aromatic heterocycles. The van der Waals surface area contributed by atoms with Crippen LogP contribution >= 0.6 is 0 Å². The first-order chi connectivity index (χ1) is 9.04. The van der Waals surface area contributed by atoms with Crippen LogP contribution < -0.4 is 11.1 Å². The maximum absolute atomic E-state index is 11.9. The Morgan fingerprint density at radius 3 is 2.79 bits per heavy atom. The summed E-state index contributed by atoms with van der Waals surface area (Å²) < 4.78 is 0. The number of nitrogens with two attached hydrogens (primary N) is 1. The van der Waals surface area contributed by atoms with Crippen molar-refractivity contribution in [3.63, 3.8) is 0 Å². The Balaban J connectivity index is 2.86. The van der Waals surface area contributed by atoms with Gasteiger partial charge >= 0.3 is 0 Å². The van der Waals surface area contributed by atoms with Crippen molar-refractivity contribution in [2.45, 2.75) is 13.3 Å². The second kappa shape index (κ2) is 7.19. The van der Waals surface area contributed by atoms with Crippen molar-refractivity contribution in [2.75, 3.05) is 13.2 Å². The number of benzene rings is 1. The van der Waals surface area contributed by atoms with Crippen LogP contribution in [0.25, 0.3) is 0 Å². The average Bonchev–Trinajstić information content (AvgIpc) is 2.35. The molecular weight excluding hydrogens is 244 g/mol. The Morgan fingerprint density at radius 2 is 2.16 bits per heavy atom. The molecule has 0 fully saturated rings. The number of carbonyl (C=O) groups excluding carboxylic acids is 2. The van der Waals surface area contributed by atoms with Crippen LogP contribution in [0.1, 0.15) is 27.9 Å². The van der Waals surface area contributed by atoms with Gasteiger partial charge in [0.25, 0.3) is 5.91 Å². The Morgan fingerprint density at radius 1 is 1.42 bits per heavy atom. The van der Waals surface area contributed by atoms with Crippen molar-refractivity contribution in [1.82, 2.24) is 5.32 Å². The van der Waals surface area contributed by atoms with Gasteiger partial charge in [0, 0.05) is 18.5 Å². The van der Waals surface area contributed by atoms with E-state index in [-0.39, 0.29) is 25.5 Å². The zero-order valence-electron chi connectivity index (χ0n) is 10.7. The number of primary amides is 1. The molecule has 100 valence electrons. The summed E-state index contributed by atoms with van der Waals surface area (Å²) in [6.45, 7) is 1.81. The molecule has 0 spiro atoms. The van der Waals surface area contributed by atoms with Crippen molar-refractivity contribution in [3.8, 4) is 11.8 Å². The highest BCUT2D eigenvalue weighted by Gasteiger charge is 2.10. The van der Waals surface area contributed by atoms with Crippen LogP contribution in [0.4, 0.5) is 0 Å². The predicted molar refractivity (Wildman–Crippen MR) is 71.3 cm³/mol. The van der Waals surface area contributed by atoms with E-state index in [0.29, 0.717) is 11.1 Å². The van der Waals surface area contributed by atoms with Gasteiger partial charge in [-0.05, 0) is 24.6 Å². The van der Waals surface area contributed by atoms with Gasteiger partial charge in [0.05, 0.1) is 5.56 Å². The Bertz CT molecular complexity index is 541. The molecule has 5 nitrogen and oxygen atoms in total. The standard InChI is InChI=1S/C14H16N2O3/c1-10-4-5-12(11(9-10)3-2-8-17)14(19)16-7-6-13(15)18/h4-5,9,17H,6-8H2,1H3,(H2,15,18)(H,16,19). The Labute approximate surface area is 111 Å². The molecule has 0 aliphatic heterocycles. The van der Waals surface area contributed by atoms with E-state index in [4.69, 9.17) is 10.8 Å². The van der Waals surface area contributed by atoms with E-state index in [1.807, 2.05) is 6.92 Å². The van der Waals surface area contributed by atoms with E-state index in [9.17, 15) is 9.59 Å². The fraction of sp³-hybridized carbons (Fsp3) is 0.286. The lowest BCUT2D eigenvalue weighted by Gasteiger charge is -2.07. The number of aryl methyl sites for hydroxylation is 1. The molecule has 5 heteroatoms. The summed E-state index contributed by atoms with van der Waals surface area (Å²) in [6, 6.07) is 5.23. The highest BCUT2D eigenvalue weighted by atomic mass is 16.2. The number of aliphatic hydroxyl groups excluding tert-OH is 1. The monoisotopic (exact) mass is 260 g/mol. The minimum Gasteiger partial charge on any atom is -0.384 e. The van der Waals surface area contributed by atoms with E-state index in [1.54, 1.807) is 18.2 Å². The first-order valence-electron chi connectivity index (χ1n) is 5.81. The summed E-state index contributed by atoms with van der Waals surface area (Å²) in [5.74, 6) is 4.46. The average molecular weight is 260 g/mol. The van der Waals surface area contributed by atoms with Crippen LogP contribution in [0.3, 0.4) is 0 Å². The van der Waals surface area contributed by atoms with Crippen LogP contribution in [0.15, 0.2) is 18.2 Å². The molecule has 0 saturated heterocycles. The second-order valence-electron chi connectivity index (χ2n) is 3.98. The van der Waals surface area contributed by atoms with Gasteiger partial charge in [0.2, 0.25) is 5.91 Å². The highest BCUT2D eigenvalue weighted by molar-refractivity contribution is 5.97. The van der Waals surface area contributed by atoms with E-state index >= 15 is 0 Å². The third-order valence-corrected chi connectivity index (χ3v) is 2.38. The normalized spacial score (nSPS) is 9.37. The molecule has 0 atom stereocenters. The lowest BCUT2D eigenvalue weighted by molar-refractivity contribution is -0.117. The highest BCUT2D eigenvalue weighted by Crippen LogP contribution is 2.10. The predicted octanol–water partition coefficient (Wildman–Crippen LogP) is -0.0560. The third kappa shape index (κ3) is 4.82. The number of hydrogen-bond acceptors (Lipinski definition) is 3. The smallest absolute Gasteiger partial charge is 0.252 e. The molecule has 1 aromatic carbocycles. The molecule has 4 N–H and O–H groups in total. The quantitative estimate of drug-likeness (QED) is 0.662. The van der Waals surface area contributed by atoms with Gasteiger partial charge in [-0.2, -0.15) is 0 Å².